The summed E-state index contributed by atoms with van der Waals surface area (Å²) in [4.78, 5) is 0. The second kappa shape index (κ2) is 7.41. The molecule has 2 heterocycles. The highest BCUT2D eigenvalue weighted by Gasteiger charge is 2.41. The highest BCUT2D eigenvalue weighted by molar-refractivity contribution is 6.02. The van der Waals surface area contributed by atoms with Crippen LogP contribution in [0.2, 0.25) is 0 Å². The molecule has 0 saturated carbocycles. The molecule has 3 aromatic carbocycles. The molecule has 2 aliphatic heterocycles. The van der Waals surface area contributed by atoms with Crippen LogP contribution in [0.15, 0.2) is 71.8 Å². The number of aryl methyl sites for hydroxylation is 1. The molecule has 0 unspecified atom stereocenters. The summed E-state index contributed by atoms with van der Waals surface area (Å²) in [6, 6.07) is 22.8. The van der Waals surface area contributed by atoms with Crippen molar-refractivity contribution in [1.82, 2.24) is 5.01 Å². The summed E-state index contributed by atoms with van der Waals surface area (Å²) >= 11 is 0. The van der Waals surface area contributed by atoms with Gasteiger partial charge in [-0.15, -0.1) is 0 Å². The number of ether oxygens (including phenoxy) is 3. The van der Waals surface area contributed by atoms with Gasteiger partial charge >= 0.3 is 0 Å². The summed E-state index contributed by atoms with van der Waals surface area (Å²) in [7, 11) is 3.28. The Kier molecular flexibility index (Phi) is 4.58. The average molecular weight is 400 g/mol. The van der Waals surface area contributed by atoms with Gasteiger partial charge in [0.05, 0.1) is 26.0 Å². The van der Waals surface area contributed by atoms with Gasteiger partial charge in [0, 0.05) is 17.5 Å². The largest absolute Gasteiger partial charge is 0.493 e. The minimum atomic E-state index is -0.341. The zero-order chi connectivity index (χ0) is 20.7. The normalized spacial score (nSPS) is 19.4. The number of methoxy groups -OCH3 is 2. The lowest BCUT2D eigenvalue weighted by molar-refractivity contribution is -0.0191. The Hall–Kier alpha value is -3.47. The van der Waals surface area contributed by atoms with Crippen LogP contribution in [-0.4, -0.2) is 24.9 Å². The van der Waals surface area contributed by atoms with Crippen molar-refractivity contribution in [3.63, 3.8) is 0 Å². The van der Waals surface area contributed by atoms with Gasteiger partial charge < -0.3 is 14.2 Å². The zero-order valence-corrected chi connectivity index (χ0v) is 17.3. The van der Waals surface area contributed by atoms with Crippen molar-refractivity contribution in [2.75, 3.05) is 14.2 Å². The third-order valence-electron chi connectivity index (χ3n) is 5.74. The second-order valence-electron chi connectivity index (χ2n) is 7.64. The lowest BCUT2D eigenvalue weighted by Gasteiger charge is -2.38. The molecule has 0 amide bonds. The SMILES string of the molecule is COc1ccc([C@@H]2Oc3ccccc3[C@H]3CC(c4cccc(C)c4)=NN32)cc1OC. The van der Waals surface area contributed by atoms with Crippen LogP contribution in [0.3, 0.4) is 0 Å². The lowest BCUT2D eigenvalue weighted by atomic mass is 9.95. The number of para-hydroxylation sites is 1. The van der Waals surface area contributed by atoms with Gasteiger partial charge in [0.1, 0.15) is 5.75 Å². The maximum absolute atomic E-state index is 6.44. The molecule has 0 fully saturated rings. The molecule has 2 atom stereocenters. The molecule has 30 heavy (non-hydrogen) atoms. The maximum Gasteiger partial charge on any atom is 0.214 e. The van der Waals surface area contributed by atoms with Crippen LogP contribution in [0.25, 0.3) is 0 Å². The quantitative estimate of drug-likeness (QED) is 0.600. The Morgan fingerprint density at radius 1 is 0.933 bits per heavy atom. The van der Waals surface area contributed by atoms with Crippen molar-refractivity contribution in [3.05, 3.63) is 89.0 Å². The van der Waals surface area contributed by atoms with Gasteiger partial charge in [-0.25, -0.2) is 5.01 Å². The van der Waals surface area contributed by atoms with Gasteiger partial charge in [0.25, 0.3) is 0 Å². The first-order valence-electron chi connectivity index (χ1n) is 10.1. The van der Waals surface area contributed by atoms with E-state index < -0.39 is 0 Å². The number of rotatable bonds is 4. The number of hydrogen-bond donors (Lipinski definition) is 0. The van der Waals surface area contributed by atoms with Gasteiger partial charge in [-0.2, -0.15) is 5.10 Å². The van der Waals surface area contributed by atoms with E-state index in [1.165, 1.54) is 11.1 Å². The van der Waals surface area contributed by atoms with Crippen LogP contribution in [0.4, 0.5) is 0 Å². The highest BCUT2D eigenvalue weighted by atomic mass is 16.5. The minimum absolute atomic E-state index is 0.128. The van der Waals surface area contributed by atoms with Crippen molar-refractivity contribution in [1.29, 1.82) is 0 Å². The molecule has 2 aliphatic rings. The van der Waals surface area contributed by atoms with Crippen molar-refractivity contribution < 1.29 is 14.2 Å². The first-order valence-corrected chi connectivity index (χ1v) is 10.1. The van der Waals surface area contributed by atoms with Gasteiger partial charge in [-0.1, -0.05) is 48.0 Å². The molecule has 5 rings (SSSR count). The van der Waals surface area contributed by atoms with E-state index in [9.17, 15) is 0 Å². The Balaban J connectivity index is 1.59. The van der Waals surface area contributed by atoms with E-state index in [1.54, 1.807) is 14.2 Å². The summed E-state index contributed by atoms with van der Waals surface area (Å²) in [6.45, 7) is 2.11. The van der Waals surface area contributed by atoms with E-state index in [2.05, 4.69) is 48.3 Å². The van der Waals surface area contributed by atoms with Crippen molar-refractivity contribution in [2.45, 2.75) is 25.6 Å². The minimum Gasteiger partial charge on any atom is -0.493 e. The topological polar surface area (TPSA) is 43.3 Å². The van der Waals surface area contributed by atoms with Gasteiger partial charge in [0.2, 0.25) is 6.23 Å². The molecule has 5 nitrogen and oxygen atoms in total. The first-order chi connectivity index (χ1) is 14.7. The lowest BCUT2D eigenvalue weighted by Crippen LogP contribution is -2.33. The van der Waals surface area contributed by atoms with E-state index in [1.807, 2.05) is 30.3 Å². The molecular weight excluding hydrogens is 376 g/mol. The van der Waals surface area contributed by atoms with Crippen LogP contribution in [-0.2, 0) is 0 Å². The zero-order valence-electron chi connectivity index (χ0n) is 17.3. The second-order valence-corrected chi connectivity index (χ2v) is 7.64. The molecule has 5 heteroatoms. The third kappa shape index (κ3) is 3.07. The number of hydrazone groups is 1. The van der Waals surface area contributed by atoms with Crippen molar-refractivity contribution in [2.24, 2.45) is 5.10 Å². The molecule has 0 aliphatic carbocycles. The summed E-state index contributed by atoms with van der Waals surface area (Å²) in [6.07, 6.45) is 0.500. The number of hydrogen-bond acceptors (Lipinski definition) is 5. The van der Waals surface area contributed by atoms with Crippen LogP contribution >= 0.6 is 0 Å². The van der Waals surface area contributed by atoms with Crippen LogP contribution < -0.4 is 14.2 Å². The fourth-order valence-corrected chi connectivity index (χ4v) is 4.26. The molecule has 152 valence electrons. The Morgan fingerprint density at radius 2 is 1.77 bits per heavy atom. The standard InChI is InChI=1S/C25H24N2O3/c1-16-7-6-8-17(13-16)20-15-21-19-9-4-5-10-22(19)30-25(27(21)26-20)18-11-12-23(28-2)24(14-18)29-3/h4-14,21,25H,15H2,1-3H3/t21-,25+/m1/s1. The predicted molar refractivity (Wildman–Crippen MR) is 116 cm³/mol. The van der Waals surface area contributed by atoms with E-state index in [-0.39, 0.29) is 12.3 Å². The van der Waals surface area contributed by atoms with Crippen molar-refractivity contribution >= 4 is 5.71 Å². The summed E-state index contributed by atoms with van der Waals surface area (Å²) < 4.78 is 17.4. The Morgan fingerprint density at radius 3 is 2.57 bits per heavy atom. The number of fused-ring (bicyclic) bond motifs is 3. The first kappa shape index (κ1) is 18.6. The molecule has 0 saturated heterocycles. The highest BCUT2D eigenvalue weighted by Crippen LogP contribution is 2.48. The summed E-state index contributed by atoms with van der Waals surface area (Å²) in [5, 5.41) is 7.11. The van der Waals surface area contributed by atoms with Crippen LogP contribution in [0, 0.1) is 6.92 Å². The predicted octanol–water partition coefficient (Wildman–Crippen LogP) is 5.25. The Bertz CT molecular complexity index is 1120. The fourth-order valence-electron chi connectivity index (χ4n) is 4.26. The average Bonchev–Trinajstić information content (AvgIpc) is 3.24. The summed E-state index contributed by atoms with van der Waals surface area (Å²) in [5.74, 6) is 2.27. The smallest absolute Gasteiger partial charge is 0.214 e. The molecule has 3 aromatic rings. The molecule has 0 bridgehead atoms. The van der Waals surface area contributed by atoms with Crippen LogP contribution in [0.5, 0.6) is 17.2 Å². The molecule has 0 aromatic heterocycles. The number of benzene rings is 3. The number of nitrogens with zero attached hydrogens (tertiary/aromatic N) is 2. The van der Waals surface area contributed by atoms with Gasteiger partial charge in [-0.3, -0.25) is 0 Å². The third-order valence-corrected chi connectivity index (χ3v) is 5.74. The van der Waals surface area contributed by atoms with E-state index in [4.69, 9.17) is 19.3 Å². The van der Waals surface area contributed by atoms with Gasteiger partial charge in [-0.05, 0) is 36.8 Å². The Labute approximate surface area is 176 Å². The molecule has 0 radical (unpaired) electrons. The molecular formula is C25H24N2O3. The fraction of sp³-hybridized carbons (Fsp3) is 0.240. The van der Waals surface area contributed by atoms with Crippen molar-refractivity contribution in [3.8, 4) is 17.2 Å². The van der Waals surface area contributed by atoms with E-state index in [0.29, 0.717) is 11.5 Å². The summed E-state index contributed by atoms with van der Waals surface area (Å²) in [5.41, 5.74) is 5.61. The van der Waals surface area contributed by atoms with Gasteiger partial charge in [0.15, 0.2) is 11.5 Å². The monoisotopic (exact) mass is 400 g/mol. The maximum atomic E-state index is 6.44. The van der Waals surface area contributed by atoms with Crippen LogP contribution in [0.1, 0.15) is 40.9 Å². The van der Waals surface area contributed by atoms with E-state index in [0.717, 1.165) is 29.0 Å². The molecule has 0 spiro atoms. The van der Waals surface area contributed by atoms with E-state index >= 15 is 0 Å². The molecule has 0 N–H and O–H groups in total.